The number of carboxylic acids is 1. The molecule has 0 radical (unpaired) electrons. The van der Waals surface area contributed by atoms with Crippen LogP contribution in [0.1, 0.15) is 34.1 Å². The number of carbonyl (C=O) groups excluding carboxylic acids is 1. The average molecular weight is 444 g/mol. The van der Waals surface area contributed by atoms with E-state index in [1.54, 1.807) is 31.2 Å². The fourth-order valence-corrected chi connectivity index (χ4v) is 3.63. The minimum atomic E-state index is -3.88. The summed E-state index contributed by atoms with van der Waals surface area (Å²) in [6.45, 7) is 1.81. The highest BCUT2D eigenvalue weighted by molar-refractivity contribution is 7.89. The van der Waals surface area contributed by atoms with E-state index in [-0.39, 0.29) is 22.7 Å². The molecule has 1 aromatic heterocycles. The van der Waals surface area contributed by atoms with Gasteiger partial charge >= 0.3 is 5.97 Å². The number of amides is 1. The number of rotatable bonds is 7. The maximum absolute atomic E-state index is 12.7. The Morgan fingerprint density at radius 2 is 1.81 bits per heavy atom. The Morgan fingerprint density at radius 1 is 1.16 bits per heavy atom. The van der Waals surface area contributed by atoms with Crippen LogP contribution < -0.4 is 16.0 Å². The molecule has 11 heteroatoms. The number of hydrogen-bond acceptors (Lipinski definition) is 5. The van der Waals surface area contributed by atoms with Crippen LogP contribution in [0.25, 0.3) is 5.69 Å². The summed E-state index contributed by atoms with van der Waals surface area (Å²) < 4.78 is 23.8. The highest BCUT2D eigenvalue weighted by atomic mass is 32.2. The minimum absolute atomic E-state index is 0.0792. The van der Waals surface area contributed by atoms with Crippen molar-refractivity contribution in [2.24, 2.45) is 5.14 Å². The predicted octanol–water partition coefficient (Wildman–Crippen LogP) is 1.07. The van der Waals surface area contributed by atoms with Gasteiger partial charge in [-0.15, -0.1) is 0 Å². The number of H-pyrrole nitrogens is 1. The van der Waals surface area contributed by atoms with Crippen LogP contribution in [0.3, 0.4) is 0 Å². The van der Waals surface area contributed by atoms with Crippen LogP contribution in [0, 0.1) is 6.92 Å². The number of hydrogen-bond donors (Lipinski definition) is 4. The van der Waals surface area contributed by atoms with E-state index in [2.05, 4.69) is 10.4 Å². The van der Waals surface area contributed by atoms with Crippen LogP contribution >= 0.6 is 0 Å². The number of carboxylic acid groups (broad SMARTS) is 1. The highest BCUT2D eigenvalue weighted by Crippen LogP contribution is 2.21. The van der Waals surface area contributed by atoms with Crippen LogP contribution in [0.15, 0.2) is 64.3 Å². The van der Waals surface area contributed by atoms with Crippen molar-refractivity contribution in [3.05, 3.63) is 81.8 Å². The zero-order valence-electron chi connectivity index (χ0n) is 16.4. The van der Waals surface area contributed by atoms with E-state index >= 15 is 0 Å². The van der Waals surface area contributed by atoms with Crippen molar-refractivity contribution in [1.29, 1.82) is 0 Å². The van der Waals surface area contributed by atoms with E-state index in [4.69, 9.17) is 5.14 Å². The number of nitrogens with zero attached hydrogens (tertiary/aromatic N) is 1. The van der Waals surface area contributed by atoms with Gasteiger partial charge in [0.2, 0.25) is 10.0 Å². The Hall–Kier alpha value is -3.70. The predicted molar refractivity (Wildman–Crippen MR) is 111 cm³/mol. The van der Waals surface area contributed by atoms with Crippen LogP contribution in [0.2, 0.25) is 0 Å². The molecule has 0 spiro atoms. The summed E-state index contributed by atoms with van der Waals surface area (Å²) in [6, 6.07) is 12.5. The molecule has 0 aliphatic heterocycles. The minimum Gasteiger partial charge on any atom is -0.481 e. The maximum atomic E-state index is 12.7. The summed E-state index contributed by atoms with van der Waals surface area (Å²) in [4.78, 5) is 36.2. The van der Waals surface area contributed by atoms with E-state index in [9.17, 15) is 27.9 Å². The SMILES string of the molecule is Cc1ccccc1[C@H](CC(=O)O)NC(=O)c1cc(=O)n(-c2ccc(S(N)(=O)=O)cc2)[nH]1. The number of nitrogens with one attached hydrogen (secondary N) is 2. The first-order chi connectivity index (χ1) is 14.6. The number of aliphatic carboxylic acids is 1. The fourth-order valence-electron chi connectivity index (χ4n) is 3.12. The summed E-state index contributed by atoms with van der Waals surface area (Å²) in [5, 5.41) is 19.6. The number of aromatic amines is 1. The van der Waals surface area contributed by atoms with Gasteiger partial charge in [-0.05, 0) is 42.3 Å². The third-order valence-corrected chi connectivity index (χ3v) is 5.57. The van der Waals surface area contributed by atoms with Crippen molar-refractivity contribution in [2.75, 3.05) is 0 Å². The smallest absolute Gasteiger partial charge is 0.305 e. The van der Waals surface area contributed by atoms with Gasteiger partial charge in [0.25, 0.3) is 11.5 Å². The molecule has 2 aromatic carbocycles. The molecule has 1 heterocycles. The Kier molecular flexibility index (Phi) is 6.09. The van der Waals surface area contributed by atoms with Gasteiger partial charge in [-0.1, -0.05) is 24.3 Å². The van der Waals surface area contributed by atoms with Crippen LogP contribution in [-0.2, 0) is 14.8 Å². The lowest BCUT2D eigenvalue weighted by atomic mass is 9.98. The van der Waals surface area contributed by atoms with Gasteiger partial charge in [-0.2, -0.15) is 0 Å². The van der Waals surface area contributed by atoms with Gasteiger partial charge in [-0.3, -0.25) is 19.5 Å². The Balaban J connectivity index is 1.88. The van der Waals surface area contributed by atoms with E-state index in [1.807, 2.05) is 0 Å². The Labute approximate surface area is 177 Å². The molecule has 5 N–H and O–H groups in total. The maximum Gasteiger partial charge on any atom is 0.305 e. The van der Waals surface area contributed by atoms with Crippen molar-refractivity contribution in [3.8, 4) is 5.69 Å². The van der Waals surface area contributed by atoms with Crippen LogP contribution in [-0.4, -0.2) is 35.2 Å². The largest absolute Gasteiger partial charge is 0.481 e. The van der Waals surface area contributed by atoms with Gasteiger partial charge in [0.05, 0.1) is 23.0 Å². The molecule has 31 heavy (non-hydrogen) atoms. The number of benzene rings is 2. The van der Waals surface area contributed by atoms with E-state index in [0.29, 0.717) is 5.56 Å². The van der Waals surface area contributed by atoms with Gasteiger partial charge in [0, 0.05) is 6.07 Å². The summed E-state index contributed by atoms with van der Waals surface area (Å²) >= 11 is 0. The fraction of sp³-hybridized carbons (Fsp3) is 0.150. The van der Waals surface area contributed by atoms with Crippen molar-refractivity contribution >= 4 is 21.9 Å². The summed E-state index contributed by atoms with van der Waals surface area (Å²) in [7, 11) is -3.88. The Morgan fingerprint density at radius 3 is 2.39 bits per heavy atom. The lowest BCUT2D eigenvalue weighted by Gasteiger charge is -2.19. The van der Waals surface area contributed by atoms with Crippen LogP contribution in [0.5, 0.6) is 0 Å². The van der Waals surface area contributed by atoms with Crippen molar-refractivity contribution < 1.29 is 23.1 Å². The second kappa shape index (κ2) is 8.58. The van der Waals surface area contributed by atoms with Gasteiger partial charge in [-0.25, -0.2) is 18.2 Å². The third kappa shape index (κ3) is 5.08. The van der Waals surface area contributed by atoms with E-state index in [1.165, 1.54) is 24.3 Å². The lowest BCUT2D eigenvalue weighted by Crippen LogP contribution is -2.31. The molecule has 0 saturated carbocycles. The zero-order valence-corrected chi connectivity index (χ0v) is 17.2. The van der Waals surface area contributed by atoms with Crippen molar-refractivity contribution in [1.82, 2.24) is 15.1 Å². The van der Waals surface area contributed by atoms with Gasteiger partial charge in [0.1, 0.15) is 5.69 Å². The molecule has 3 rings (SSSR count). The second-order valence-electron chi connectivity index (χ2n) is 6.86. The molecule has 162 valence electrons. The molecule has 10 nitrogen and oxygen atoms in total. The summed E-state index contributed by atoms with van der Waals surface area (Å²) in [6.07, 6.45) is -0.337. The molecular weight excluding hydrogens is 424 g/mol. The number of nitrogens with two attached hydrogens (primary N) is 1. The zero-order chi connectivity index (χ0) is 22.8. The molecule has 0 fully saturated rings. The molecule has 1 amide bonds. The first-order valence-electron chi connectivity index (χ1n) is 9.10. The molecule has 0 saturated heterocycles. The summed E-state index contributed by atoms with van der Waals surface area (Å²) in [5.41, 5.74) is 1.12. The standard InChI is InChI=1S/C20H20N4O6S/c1-12-4-2-3-5-15(12)16(11-19(26)27)22-20(28)17-10-18(25)24(23-17)13-6-8-14(9-7-13)31(21,29)30/h2-10,16,23H,11H2,1H3,(H,22,28)(H,26,27)(H2,21,29,30)/t16-/m0/s1. The average Bonchev–Trinajstić information content (AvgIpc) is 3.09. The first-order valence-corrected chi connectivity index (χ1v) is 10.6. The van der Waals surface area contributed by atoms with Crippen molar-refractivity contribution in [3.63, 3.8) is 0 Å². The molecule has 0 bridgehead atoms. The molecule has 3 aromatic rings. The molecular formula is C20H20N4O6S. The second-order valence-corrected chi connectivity index (χ2v) is 8.42. The third-order valence-electron chi connectivity index (χ3n) is 4.64. The van der Waals surface area contributed by atoms with E-state index in [0.717, 1.165) is 16.3 Å². The number of aromatic nitrogens is 2. The quantitative estimate of drug-likeness (QED) is 0.426. The normalized spacial score (nSPS) is 12.3. The number of aryl methyl sites for hydroxylation is 1. The molecule has 0 aliphatic carbocycles. The summed E-state index contributed by atoms with van der Waals surface area (Å²) in [5.74, 6) is -1.75. The van der Waals surface area contributed by atoms with Gasteiger partial charge in [0.15, 0.2) is 0 Å². The topological polar surface area (TPSA) is 164 Å². The molecule has 1 atom stereocenters. The lowest BCUT2D eigenvalue weighted by molar-refractivity contribution is -0.137. The molecule has 0 aliphatic rings. The Bertz CT molecular complexity index is 1290. The molecule has 0 unspecified atom stereocenters. The number of sulfonamides is 1. The monoisotopic (exact) mass is 444 g/mol. The van der Waals surface area contributed by atoms with Gasteiger partial charge < -0.3 is 10.4 Å². The number of primary sulfonamides is 1. The van der Waals surface area contributed by atoms with E-state index < -0.39 is 33.5 Å². The van der Waals surface area contributed by atoms with Crippen LogP contribution in [0.4, 0.5) is 0 Å². The first kappa shape index (κ1) is 22.0. The highest BCUT2D eigenvalue weighted by Gasteiger charge is 2.22. The van der Waals surface area contributed by atoms with Crippen molar-refractivity contribution in [2.45, 2.75) is 24.3 Å². The number of carbonyl (C=O) groups is 2.